The number of anilines is 1. The standard InChI is InChI=1S/C23H25N3O7S/c1-26(34(29,30)17-10-11-20(31-2)21(13-17)32-3)15-22(27)25-19-9-5-4-8-18(19)23(28)24-14-16-7-6-12-33-16/h4-13H,14-15H2,1-3H3,(H,24,28)(H,25,27). The van der Waals surface area contributed by atoms with Crippen LogP contribution in [-0.4, -0.2) is 52.3 Å². The Hall–Kier alpha value is -3.83. The van der Waals surface area contributed by atoms with Crippen molar-refractivity contribution in [1.29, 1.82) is 0 Å². The van der Waals surface area contributed by atoms with Gasteiger partial charge in [0.05, 0.1) is 49.7 Å². The van der Waals surface area contributed by atoms with E-state index in [1.807, 2.05) is 0 Å². The summed E-state index contributed by atoms with van der Waals surface area (Å²) in [4.78, 5) is 25.2. The van der Waals surface area contributed by atoms with Crippen molar-refractivity contribution < 1.29 is 31.9 Å². The fraction of sp³-hybridized carbons (Fsp3) is 0.217. The maximum Gasteiger partial charge on any atom is 0.253 e. The molecule has 1 heterocycles. The molecule has 0 unspecified atom stereocenters. The third kappa shape index (κ3) is 5.74. The first-order chi connectivity index (χ1) is 16.3. The largest absolute Gasteiger partial charge is 0.493 e. The van der Waals surface area contributed by atoms with Gasteiger partial charge in [-0.05, 0) is 36.4 Å². The number of carbonyl (C=O) groups excluding carboxylic acids is 2. The van der Waals surface area contributed by atoms with Crippen LogP contribution in [0.5, 0.6) is 11.5 Å². The lowest BCUT2D eigenvalue weighted by Crippen LogP contribution is -2.35. The van der Waals surface area contributed by atoms with Crippen molar-refractivity contribution in [2.24, 2.45) is 0 Å². The van der Waals surface area contributed by atoms with E-state index >= 15 is 0 Å². The molecular weight excluding hydrogens is 462 g/mol. The Bertz CT molecular complexity index is 1260. The molecule has 0 bridgehead atoms. The average molecular weight is 488 g/mol. The third-order valence-electron chi connectivity index (χ3n) is 4.88. The van der Waals surface area contributed by atoms with Crippen molar-refractivity contribution >= 4 is 27.5 Å². The Labute approximate surface area is 197 Å². The Morgan fingerprint density at radius 3 is 2.41 bits per heavy atom. The van der Waals surface area contributed by atoms with Gasteiger partial charge in [0.15, 0.2) is 11.5 Å². The van der Waals surface area contributed by atoms with Crippen LogP contribution in [0.1, 0.15) is 16.1 Å². The number of carbonyl (C=O) groups is 2. The third-order valence-corrected chi connectivity index (χ3v) is 6.68. The summed E-state index contributed by atoms with van der Waals surface area (Å²) >= 11 is 0. The van der Waals surface area contributed by atoms with Crippen LogP contribution in [0.4, 0.5) is 5.69 Å². The lowest BCUT2D eigenvalue weighted by molar-refractivity contribution is -0.116. The summed E-state index contributed by atoms with van der Waals surface area (Å²) in [7, 11) is 0.127. The summed E-state index contributed by atoms with van der Waals surface area (Å²) in [6, 6.07) is 14.0. The zero-order valence-electron chi connectivity index (χ0n) is 18.9. The van der Waals surface area contributed by atoms with E-state index in [1.165, 1.54) is 45.7 Å². The van der Waals surface area contributed by atoms with Crippen LogP contribution in [0.2, 0.25) is 0 Å². The van der Waals surface area contributed by atoms with E-state index in [9.17, 15) is 18.0 Å². The summed E-state index contributed by atoms with van der Waals surface area (Å²) in [6.45, 7) is -0.292. The minimum Gasteiger partial charge on any atom is -0.493 e. The Morgan fingerprint density at radius 1 is 1.00 bits per heavy atom. The van der Waals surface area contributed by atoms with Gasteiger partial charge in [0, 0.05) is 13.1 Å². The highest BCUT2D eigenvalue weighted by Crippen LogP contribution is 2.30. The van der Waals surface area contributed by atoms with Crippen molar-refractivity contribution in [2.75, 3.05) is 33.1 Å². The normalized spacial score (nSPS) is 11.2. The highest BCUT2D eigenvalue weighted by molar-refractivity contribution is 7.89. The minimum atomic E-state index is -4.00. The molecule has 1 aromatic heterocycles. The van der Waals surface area contributed by atoms with Gasteiger partial charge < -0.3 is 24.5 Å². The second-order valence-electron chi connectivity index (χ2n) is 7.13. The molecule has 3 aromatic rings. The summed E-state index contributed by atoms with van der Waals surface area (Å²) in [6.07, 6.45) is 1.50. The topological polar surface area (TPSA) is 127 Å². The Balaban J connectivity index is 1.69. The molecule has 2 N–H and O–H groups in total. The highest BCUT2D eigenvalue weighted by Gasteiger charge is 2.25. The van der Waals surface area contributed by atoms with Gasteiger partial charge in [-0.3, -0.25) is 9.59 Å². The Morgan fingerprint density at radius 2 is 1.74 bits per heavy atom. The number of nitrogens with zero attached hydrogens (tertiary/aromatic N) is 1. The zero-order chi connectivity index (χ0) is 24.7. The summed E-state index contributed by atoms with van der Waals surface area (Å²) in [5.74, 6) is 0.174. The van der Waals surface area contributed by atoms with Crippen LogP contribution >= 0.6 is 0 Å². The number of hydrogen-bond donors (Lipinski definition) is 2. The van der Waals surface area contributed by atoms with Crippen molar-refractivity contribution in [3.63, 3.8) is 0 Å². The van der Waals surface area contributed by atoms with E-state index in [0.717, 1.165) is 4.31 Å². The molecule has 2 aromatic carbocycles. The summed E-state index contributed by atoms with van der Waals surface area (Å²) < 4.78 is 42.3. The molecule has 10 nitrogen and oxygen atoms in total. The van der Waals surface area contributed by atoms with Gasteiger partial charge in [0.2, 0.25) is 15.9 Å². The lowest BCUT2D eigenvalue weighted by atomic mass is 10.1. The molecule has 0 atom stereocenters. The first-order valence-corrected chi connectivity index (χ1v) is 11.6. The second kappa shape index (κ2) is 10.9. The van der Waals surface area contributed by atoms with Gasteiger partial charge in [-0.2, -0.15) is 4.31 Å². The van der Waals surface area contributed by atoms with Gasteiger partial charge in [-0.1, -0.05) is 12.1 Å². The fourth-order valence-electron chi connectivity index (χ4n) is 3.10. The van der Waals surface area contributed by atoms with Crippen LogP contribution in [0.15, 0.2) is 70.2 Å². The molecule has 0 spiro atoms. The van der Waals surface area contributed by atoms with Crippen LogP contribution in [-0.2, 0) is 21.4 Å². The molecule has 180 valence electrons. The van der Waals surface area contributed by atoms with Crippen LogP contribution in [0.3, 0.4) is 0 Å². The maximum atomic E-state index is 12.9. The molecule has 34 heavy (non-hydrogen) atoms. The number of hydrogen-bond acceptors (Lipinski definition) is 7. The molecule has 0 fully saturated rings. The van der Waals surface area contributed by atoms with Gasteiger partial charge in [0.1, 0.15) is 5.76 Å². The molecular formula is C23H25N3O7S. The van der Waals surface area contributed by atoms with Crippen molar-refractivity contribution in [1.82, 2.24) is 9.62 Å². The fourth-order valence-corrected chi connectivity index (χ4v) is 4.24. The van der Waals surface area contributed by atoms with Crippen molar-refractivity contribution in [3.05, 3.63) is 72.2 Å². The number of sulfonamides is 1. The first-order valence-electron chi connectivity index (χ1n) is 10.1. The monoisotopic (exact) mass is 487 g/mol. The highest BCUT2D eigenvalue weighted by atomic mass is 32.2. The zero-order valence-corrected chi connectivity index (χ0v) is 19.7. The van der Waals surface area contributed by atoms with E-state index in [-0.39, 0.29) is 28.4 Å². The molecule has 0 saturated carbocycles. The Kier molecular flexibility index (Phi) is 7.92. The summed E-state index contributed by atoms with van der Waals surface area (Å²) in [5.41, 5.74) is 0.481. The first kappa shape index (κ1) is 24.8. The number of amides is 2. The number of methoxy groups -OCH3 is 2. The molecule has 0 aliphatic heterocycles. The van der Waals surface area contributed by atoms with Gasteiger partial charge >= 0.3 is 0 Å². The molecule has 0 saturated heterocycles. The predicted octanol–water partition coefficient (Wildman–Crippen LogP) is 2.49. The van der Waals surface area contributed by atoms with E-state index in [2.05, 4.69) is 10.6 Å². The van der Waals surface area contributed by atoms with Crippen LogP contribution in [0.25, 0.3) is 0 Å². The number of furan rings is 1. The van der Waals surface area contributed by atoms with E-state index < -0.39 is 28.4 Å². The minimum absolute atomic E-state index is 0.0573. The van der Waals surface area contributed by atoms with E-state index in [0.29, 0.717) is 11.5 Å². The number of para-hydroxylation sites is 1. The molecule has 2 amide bonds. The summed E-state index contributed by atoms with van der Waals surface area (Å²) in [5, 5.41) is 5.32. The smallest absolute Gasteiger partial charge is 0.253 e. The van der Waals surface area contributed by atoms with E-state index in [4.69, 9.17) is 13.9 Å². The van der Waals surface area contributed by atoms with Crippen LogP contribution in [0, 0.1) is 0 Å². The number of likely N-dealkylation sites (N-methyl/N-ethyl adjacent to an activating group) is 1. The average Bonchev–Trinajstić information content (AvgIpc) is 3.36. The molecule has 3 rings (SSSR count). The van der Waals surface area contributed by atoms with Gasteiger partial charge in [-0.25, -0.2) is 8.42 Å². The van der Waals surface area contributed by atoms with Crippen molar-refractivity contribution in [3.8, 4) is 11.5 Å². The maximum absolute atomic E-state index is 12.9. The van der Waals surface area contributed by atoms with E-state index in [1.54, 1.807) is 36.4 Å². The number of nitrogens with one attached hydrogen (secondary N) is 2. The molecule has 0 radical (unpaired) electrons. The van der Waals surface area contributed by atoms with Gasteiger partial charge in [0.25, 0.3) is 5.91 Å². The number of ether oxygens (including phenoxy) is 2. The molecule has 0 aliphatic rings. The SMILES string of the molecule is COc1ccc(S(=O)(=O)N(C)CC(=O)Nc2ccccc2C(=O)NCc2ccco2)cc1OC. The molecule has 0 aliphatic carbocycles. The predicted molar refractivity (Wildman–Crippen MR) is 124 cm³/mol. The number of benzene rings is 2. The second-order valence-corrected chi connectivity index (χ2v) is 9.18. The van der Waals surface area contributed by atoms with Crippen LogP contribution < -0.4 is 20.1 Å². The van der Waals surface area contributed by atoms with Gasteiger partial charge in [-0.15, -0.1) is 0 Å². The molecule has 11 heteroatoms. The number of rotatable bonds is 10. The lowest BCUT2D eigenvalue weighted by Gasteiger charge is -2.18. The van der Waals surface area contributed by atoms with Crippen molar-refractivity contribution in [2.45, 2.75) is 11.4 Å². The quantitative estimate of drug-likeness (QED) is 0.450.